The van der Waals surface area contributed by atoms with Crippen molar-refractivity contribution in [3.05, 3.63) is 34.3 Å². The number of hydrogen-bond donors (Lipinski definition) is 1. The predicted octanol–water partition coefficient (Wildman–Crippen LogP) is 3.67. The second-order valence-corrected chi connectivity index (χ2v) is 5.26. The summed E-state index contributed by atoms with van der Waals surface area (Å²) in [5.74, 6) is 0.504. The number of amides is 1. The largest absolute Gasteiger partial charge is 0.350 e. The monoisotopic (exact) mass is 283 g/mol. The molecule has 0 fully saturated rings. The molecule has 0 spiro atoms. The van der Waals surface area contributed by atoms with E-state index in [2.05, 4.69) is 21.2 Å². The molecule has 0 aliphatic carbocycles. The Bertz CT molecular complexity index is 363. The Morgan fingerprint density at radius 2 is 1.94 bits per heavy atom. The van der Waals surface area contributed by atoms with Crippen LogP contribution in [0.25, 0.3) is 0 Å². The molecule has 3 heteroatoms. The highest BCUT2D eigenvalue weighted by Crippen LogP contribution is 2.22. The lowest BCUT2D eigenvalue weighted by atomic mass is 10.1. The SMILES string of the molecule is CC(C)CC(=O)NC(C)c1ccccc1Br. The number of rotatable bonds is 4. The lowest BCUT2D eigenvalue weighted by molar-refractivity contribution is -0.122. The summed E-state index contributed by atoms with van der Waals surface area (Å²) >= 11 is 3.49. The van der Waals surface area contributed by atoms with Crippen molar-refractivity contribution in [3.8, 4) is 0 Å². The number of hydrogen-bond acceptors (Lipinski definition) is 1. The molecule has 88 valence electrons. The molecule has 1 N–H and O–H groups in total. The minimum Gasteiger partial charge on any atom is -0.350 e. The van der Waals surface area contributed by atoms with Gasteiger partial charge in [-0.2, -0.15) is 0 Å². The summed E-state index contributed by atoms with van der Waals surface area (Å²) in [6, 6.07) is 7.99. The van der Waals surface area contributed by atoms with Crippen molar-refractivity contribution >= 4 is 21.8 Å². The van der Waals surface area contributed by atoms with Crippen molar-refractivity contribution in [1.29, 1.82) is 0 Å². The molecule has 0 radical (unpaired) electrons. The van der Waals surface area contributed by atoms with Gasteiger partial charge in [0.2, 0.25) is 5.91 Å². The zero-order valence-electron chi connectivity index (χ0n) is 9.96. The first-order valence-corrected chi connectivity index (χ1v) is 6.33. The molecule has 1 unspecified atom stereocenters. The standard InChI is InChI=1S/C13H18BrNO/c1-9(2)8-13(16)15-10(3)11-6-4-5-7-12(11)14/h4-7,9-10H,8H2,1-3H3,(H,15,16). The van der Waals surface area contributed by atoms with Gasteiger partial charge in [0, 0.05) is 10.9 Å². The van der Waals surface area contributed by atoms with Crippen molar-refractivity contribution in [3.63, 3.8) is 0 Å². The zero-order valence-corrected chi connectivity index (χ0v) is 11.5. The van der Waals surface area contributed by atoms with Crippen molar-refractivity contribution in [1.82, 2.24) is 5.32 Å². The molecule has 0 aliphatic heterocycles. The molecule has 0 bridgehead atoms. The molecule has 16 heavy (non-hydrogen) atoms. The average molecular weight is 284 g/mol. The number of benzene rings is 1. The lowest BCUT2D eigenvalue weighted by Gasteiger charge is -2.16. The minimum absolute atomic E-state index is 0.0434. The molecule has 1 amide bonds. The van der Waals surface area contributed by atoms with Gasteiger partial charge in [0.05, 0.1) is 6.04 Å². The van der Waals surface area contributed by atoms with Gasteiger partial charge in [0.1, 0.15) is 0 Å². The van der Waals surface area contributed by atoms with Gasteiger partial charge in [-0.25, -0.2) is 0 Å². The molecule has 0 aromatic heterocycles. The molecule has 1 aromatic carbocycles. The van der Waals surface area contributed by atoms with Gasteiger partial charge in [0.15, 0.2) is 0 Å². The van der Waals surface area contributed by atoms with E-state index in [1.165, 1.54) is 0 Å². The highest BCUT2D eigenvalue weighted by atomic mass is 79.9. The van der Waals surface area contributed by atoms with Crippen molar-refractivity contribution in [2.24, 2.45) is 5.92 Å². The first kappa shape index (κ1) is 13.2. The molecule has 0 aliphatic rings. The Kier molecular flexibility index (Phi) is 5.00. The molecule has 1 aromatic rings. The van der Waals surface area contributed by atoms with E-state index in [9.17, 15) is 4.79 Å². The van der Waals surface area contributed by atoms with E-state index >= 15 is 0 Å². The van der Waals surface area contributed by atoms with Crippen LogP contribution >= 0.6 is 15.9 Å². The molecule has 1 rings (SSSR count). The van der Waals surface area contributed by atoms with Gasteiger partial charge in [0.25, 0.3) is 0 Å². The van der Waals surface area contributed by atoms with Crippen LogP contribution in [0.2, 0.25) is 0 Å². The van der Waals surface area contributed by atoms with E-state index in [0.29, 0.717) is 12.3 Å². The summed E-state index contributed by atoms with van der Waals surface area (Å²) in [5.41, 5.74) is 1.11. The molecular formula is C13H18BrNO. The Balaban J connectivity index is 2.62. The van der Waals surface area contributed by atoms with Crippen molar-refractivity contribution < 1.29 is 4.79 Å². The molecule has 0 saturated carbocycles. The van der Waals surface area contributed by atoms with Crippen LogP contribution in [-0.4, -0.2) is 5.91 Å². The van der Waals surface area contributed by atoms with Crippen LogP contribution in [0, 0.1) is 5.92 Å². The Morgan fingerprint density at radius 1 is 1.31 bits per heavy atom. The van der Waals surface area contributed by atoms with Gasteiger partial charge in [-0.15, -0.1) is 0 Å². The topological polar surface area (TPSA) is 29.1 Å². The minimum atomic E-state index is 0.0434. The normalized spacial score (nSPS) is 12.6. The third-order valence-corrected chi connectivity index (χ3v) is 3.07. The fourth-order valence-corrected chi connectivity index (χ4v) is 2.20. The first-order chi connectivity index (χ1) is 7.50. The van der Waals surface area contributed by atoms with Crippen molar-refractivity contribution in [2.45, 2.75) is 33.2 Å². The fraction of sp³-hybridized carbons (Fsp3) is 0.462. The smallest absolute Gasteiger partial charge is 0.220 e. The molecule has 0 saturated heterocycles. The Morgan fingerprint density at radius 3 is 2.50 bits per heavy atom. The molecular weight excluding hydrogens is 266 g/mol. The highest BCUT2D eigenvalue weighted by molar-refractivity contribution is 9.10. The van der Waals surface area contributed by atoms with E-state index in [0.717, 1.165) is 10.0 Å². The van der Waals surface area contributed by atoms with Crippen molar-refractivity contribution in [2.75, 3.05) is 0 Å². The van der Waals surface area contributed by atoms with Gasteiger partial charge >= 0.3 is 0 Å². The third kappa shape index (κ3) is 3.97. The molecule has 2 nitrogen and oxygen atoms in total. The summed E-state index contributed by atoms with van der Waals surface area (Å²) in [6.45, 7) is 6.09. The van der Waals surface area contributed by atoms with Crippen LogP contribution in [0.1, 0.15) is 38.8 Å². The van der Waals surface area contributed by atoms with Crippen LogP contribution in [0.15, 0.2) is 28.7 Å². The van der Waals surface area contributed by atoms with E-state index in [1.54, 1.807) is 0 Å². The van der Waals surface area contributed by atoms with Crippen LogP contribution < -0.4 is 5.32 Å². The van der Waals surface area contributed by atoms with E-state index < -0.39 is 0 Å². The lowest BCUT2D eigenvalue weighted by Crippen LogP contribution is -2.27. The summed E-state index contributed by atoms with van der Waals surface area (Å²) in [5, 5.41) is 3.00. The molecule has 0 heterocycles. The van der Waals surface area contributed by atoms with E-state index in [-0.39, 0.29) is 11.9 Å². The summed E-state index contributed by atoms with van der Waals surface area (Å²) in [7, 11) is 0. The number of carbonyl (C=O) groups excluding carboxylic acids is 1. The Labute approximate surface area is 106 Å². The number of halogens is 1. The Hall–Kier alpha value is -0.830. The first-order valence-electron chi connectivity index (χ1n) is 5.54. The fourth-order valence-electron chi connectivity index (χ4n) is 1.58. The maximum absolute atomic E-state index is 11.6. The average Bonchev–Trinajstić information content (AvgIpc) is 2.16. The van der Waals surface area contributed by atoms with Gasteiger partial charge in [-0.05, 0) is 24.5 Å². The second kappa shape index (κ2) is 6.04. The van der Waals surface area contributed by atoms with Crippen LogP contribution in [-0.2, 0) is 4.79 Å². The number of carbonyl (C=O) groups is 1. The maximum Gasteiger partial charge on any atom is 0.220 e. The predicted molar refractivity (Wildman–Crippen MR) is 70.2 cm³/mol. The van der Waals surface area contributed by atoms with E-state index in [4.69, 9.17) is 0 Å². The van der Waals surface area contributed by atoms with Crippen LogP contribution in [0.5, 0.6) is 0 Å². The quantitative estimate of drug-likeness (QED) is 0.898. The third-order valence-electron chi connectivity index (χ3n) is 2.34. The van der Waals surface area contributed by atoms with Crippen LogP contribution in [0.4, 0.5) is 0 Å². The van der Waals surface area contributed by atoms with E-state index in [1.807, 2.05) is 45.0 Å². The number of nitrogens with one attached hydrogen (secondary N) is 1. The van der Waals surface area contributed by atoms with Gasteiger partial charge in [-0.1, -0.05) is 48.0 Å². The zero-order chi connectivity index (χ0) is 12.1. The second-order valence-electron chi connectivity index (χ2n) is 4.41. The van der Waals surface area contributed by atoms with Gasteiger partial charge < -0.3 is 5.32 Å². The molecule has 1 atom stereocenters. The van der Waals surface area contributed by atoms with Crippen LogP contribution in [0.3, 0.4) is 0 Å². The summed E-state index contributed by atoms with van der Waals surface area (Å²) in [6.07, 6.45) is 0.578. The van der Waals surface area contributed by atoms with Gasteiger partial charge in [-0.3, -0.25) is 4.79 Å². The maximum atomic E-state index is 11.6. The summed E-state index contributed by atoms with van der Waals surface area (Å²) in [4.78, 5) is 11.6. The highest BCUT2D eigenvalue weighted by Gasteiger charge is 2.12. The summed E-state index contributed by atoms with van der Waals surface area (Å²) < 4.78 is 1.03.